The molecule has 0 atom stereocenters. The van der Waals surface area contributed by atoms with Crippen molar-refractivity contribution in [2.75, 3.05) is 36.9 Å². The molecule has 0 heterocycles. The van der Waals surface area contributed by atoms with Gasteiger partial charge in [0.1, 0.15) is 0 Å². The van der Waals surface area contributed by atoms with Crippen LogP contribution in [0.1, 0.15) is 13.8 Å². The first-order chi connectivity index (χ1) is 12.4. The van der Waals surface area contributed by atoms with Gasteiger partial charge in [-0.15, -0.1) is 0 Å². The van der Waals surface area contributed by atoms with Crippen LogP contribution in [0, 0.1) is 0 Å². The van der Waals surface area contributed by atoms with Crippen molar-refractivity contribution < 1.29 is 13.2 Å². The number of anilines is 2. The largest absolute Gasteiger partial charge is 0.376 e. The van der Waals surface area contributed by atoms with E-state index in [9.17, 15) is 13.2 Å². The fraction of sp³-hybridized carbons (Fsp3) is 0.316. The minimum absolute atomic E-state index is 0.0696. The second-order valence-corrected chi connectivity index (χ2v) is 7.70. The normalized spacial score (nSPS) is 11.4. The molecule has 2 aromatic rings. The minimum atomic E-state index is -3.52. The first-order valence-corrected chi connectivity index (χ1v) is 9.99. The number of carbonyl (C=O) groups is 1. The third-order valence-corrected chi connectivity index (χ3v) is 6.18. The predicted octanol–water partition coefficient (Wildman–Crippen LogP) is 2.79. The summed E-state index contributed by atoms with van der Waals surface area (Å²) in [5.74, 6) is -0.117. The second kappa shape index (κ2) is 8.82. The number of rotatable bonds is 8. The monoisotopic (exact) mass is 375 g/mol. The lowest BCUT2D eigenvalue weighted by Crippen LogP contribution is -2.32. The molecule has 0 aliphatic rings. The van der Waals surface area contributed by atoms with Crippen molar-refractivity contribution >= 4 is 27.3 Å². The third-order valence-electron chi connectivity index (χ3n) is 4.14. The molecule has 0 aliphatic heterocycles. The molecule has 0 radical (unpaired) electrons. The van der Waals surface area contributed by atoms with Gasteiger partial charge in [0.25, 0.3) is 0 Å². The van der Waals surface area contributed by atoms with Crippen molar-refractivity contribution in [2.45, 2.75) is 18.7 Å². The SMILES string of the molecule is CCN(CC)S(=O)(=O)c1cccc(NCC(=O)N(C)c2ccccc2)c1. The standard InChI is InChI=1S/C19H25N3O3S/c1-4-22(5-2)26(24,25)18-13-9-10-16(14-18)20-15-19(23)21(3)17-11-7-6-8-12-17/h6-14,20H,4-5,15H2,1-3H3. The lowest BCUT2D eigenvalue weighted by molar-refractivity contribution is -0.116. The third kappa shape index (κ3) is 4.62. The first-order valence-electron chi connectivity index (χ1n) is 8.55. The molecule has 0 saturated heterocycles. The molecule has 0 bridgehead atoms. The second-order valence-electron chi connectivity index (χ2n) is 5.76. The van der Waals surface area contributed by atoms with Crippen molar-refractivity contribution in [1.29, 1.82) is 0 Å². The van der Waals surface area contributed by atoms with Crippen LogP contribution in [0.5, 0.6) is 0 Å². The van der Waals surface area contributed by atoms with Gasteiger partial charge in [-0.05, 0) is 30.3 Å². The highest BCUT2D eigenvalue weighted by Crippen LogP contribution is 2.19. The first kappa shape index (κ1) is 19.9. The van der Waals surface area contributed by atoms with Gasteiger partial charge in [0, 0.05) is 31.5 Å². The lowest BCUT2D eigenvalue weighted by atomic mass is 10.3. The number of para-hydroxylation sites is 1. The van der Waals surface area contributed by atoms with Crippen LogP contribution >= 0.6 is 0 Å². The van der Waals surface area contributed by atoms with Gasteiger partial charge in [0.15, 0.2) is 0 Å². The lowest BCUT2D eigenvalue weighted by Gasteiger charge is -2.20. The Morgan fingerprint density at radius 3 is 2.27 bits per heavy atom. The van der Waals surface area contributed by atoms with E-state index in [1.54, 1.807) is 50.1 Å². The van der Waals surface area contributed by atoms with E-state index in [4.69, 9.17) is 0 Å². The molecule has 26 heavy (non-hydrogen) atoms. The van der Waals surface area contributed by atoms with Crippen LogP contribution in [0.3, 0.4) is 0 Å². The van der Waals surface area contributed by atoms with E-state index >= 15 is 0 Å². The summed E-state index contributed by atoms with van der Waals surface area (Å²) in [6, 6.07) is 15.9. The molecule has 0 saturated carbocycles. The van der Waals surface area contributed by atoms with Crippen LogP contribution < -0.4 is 10.2 Å². The predicted molar refractivity (Wildman–Crippen MR) is 105 cm³/mol. The van der Waals surface area contributed by atoms with Gasteiger partial charge in [-0.1, -0.05) is 38.1 Å². The van der Waals surface area contributed by atoms with Gasteiger partial charge in [-0.3, -0.25) is 4.79 Å². The summed E-state index contributed by atoms with van der Waals surface area (Å²) in [5, 5.41) is 3.01. The van der Waals surface area contributed by atoms with Gasteiger partial charge >= 0.3 is 0 Å². The maximum Gasteiger partial charge on any atom is 0.246 e. The maximum absolute atomic E-state index is 12.6. The Bertz CT molecular complexity index is 834. The zero-order chi connectivity index (χ0) is 19.2. The maximum atomic E-state index is 12.6. The molecule has 0 unspecified atom stereocenters. The van der Waals surface area contributed by atoms with E-state index in [2.05, 4.69) is 5.32 Å². The summed E-state index contributed by atoms with van der Waals surface area (Å²) in [4.78, 5) is 14.1. The van der Waals surface area contributed by atoms with Gasteiger partial charge in [0.05, 0.1) is 11.4 Å². The smallest absolute Gasteiger partial charge is 0.246 e. The van der Waals surface area contributed by atoms with Crippen molar-refractivity contribution in [3.8, 4) is 0 Å². The number of nitrogens with zero attached hydrogens (tertiary/aromatic N) is 2. The van der Waals surface area contributed by atoms with Crippen LogP contribution in [0.15, 0.2) is 59.5 Å². The fourth-order valence-corrected chi connectivity index (χ4v) is 4.08. The highest BCUT2D eigenvalue weighted by atomic mass is 32.2. The van der Waals surface area contributed by atoms with E-state index in [-0.39, 0.29) is 17.3 Å². The fourth-order valence-electron chi connectivity index (χ4n) is 2.57. The van der Waals surface area contributed by atoms with Crippen molar-refractivity contribution in [3.63, 3.8) is 0 Å². The molecule has 2 aromatic carbocycles. The van der Waals surface area contributed by atoms with E-state index in [1.165, 1.54) is 4.31 Å². The average Bonchev–Trinajstić information content (AvgIpc) is 2.67. The van der Waals surface area contributed by atoms with Crippen LogP contribution in [-0.4, -0.2) is 45.3 Å². The van der Waals surface area contributed by atoms with E-state index in [0.29, 0.717) is 18.8 Å². The Morgan fingerprint density at radius 2 is 1.65 bits per heavy atom. The van der Waals surface area contributed by atoms with E-state index in [0.717, 1.165) is 5.69 Å². The molecular formula is C19H25N3O3S. The van der Waals surface area contributed by atoms with Crippen LogP contribution in [0.2, 0.25) is 0 Å². The number of nitrogens with one attached hydrogen (secondary N) is 1. The van der Waals surface area contributed by atoms with Crippen LogP contribution in [0.4, 0.5) is 11.4 Å². The summed E-state index contributed by atoms with van der Waals surface area (Å²) in [5.41, 5.74) is 1.39. The molecule has 0 aromatic heterocycles. The van der Waals surface area contributed by atoms with Crippen molar-refractivity contribution in [3.05, 3.63) is 54.6 Å². The van der Waals surface area contributed by atoms with Gasteiger partial charge in [-0.2, -0.15) is 4.31 Å². The molecule has 1 N–H and O–H groups in total. The molecule has 0 aliphatic carbocycles. The number of sulfonamides is 1. The summed E-state index contributed by atoms with van der Waals surface area (Å²) in [6.07, 6.45) is 0. The minimum Gasteiger partial charge on any atom is -0.376 e. The summed E-state index contributed by atoms with van der Waals surface area (Å²) in [6.45, 7) is 4.51. The molecular weight excluding hydrogens is 350 g/mol. The average molecular weight is 375 g/mol. The molecule has 2 rings (SSSR count). The number of carbonyl (C=O) groups excluding carboxylic acids is 1. The Kier molecular flexibility index (Phi) is 6.76. The molecule has 6 nitrogen and oxygen atoms in total. The summed E-state index contributed by atoms with van der Waals surface area (Å²) >= 11 is 0. The molecule has 7 heteroatoms. The Balaban J connectivity index is 2.08. The Morgan fingerprint density at radius 1 is 1.00 bits per heavy atom. The topological polar surface area (TPSA) is 69.7 Å². The number of hydrogen-bond acceptors (Lipinski definition) is 4. The van der Waals surface area contributed by atoms with Crippen LogP contribution in [0.25, 0.3) is 0 Å². The van der Waals surface area contributed by atoms with Crippen LogP contribution in [-0.2, 0) is 14.8 Å². The highest BCUT2D eigenvalue weighted by molar-refractivity contribution is 7.89. The zero-order valence-electron chi connectivity index (χ0n) is 15.3. The highest BCUT2D eigenvalue weighted by Gasteiger charge is 2.21. The van der Waals surface area contributed by atoms with Gasteiger partial charge < -0.3 is 10.2 Å². The summed E-state index contributed by atoms with van der Waals surface area (Å²) < 4.78 is 26.6. The Labute approximate surface area is 155 Å². The number of hydrogen-bond donors (Lipinski definition) is 1. The zero-order valence-corrected chi connectivity index (χ0v) is 16.2. The van der Waals surface area contributed by atoms with E-state index in [1.807, 2.05) is 30.3 Å². The quantitative estimate of drug-likeness (QED) is 0.770. The number of benzene rings is 2. The van der Waals surface area contributed by atoms with E-state index < -0.39 is 10.0 Å². The summed E-state index contributed by atoms with van der Waals surface area (Å²) in [7, 11) is -1.81. The van der Waals surface area contributed by atoms with Crippen molar-refractivity contribution in [2.24, 2.45) is 0 Å². The van der Waals surface area contributed by atoms with Gasteiger partial charge in [-0.25, -0.2) is 8.42 Å². The van der Waals surface area contributed by atoms with Crippen molar-refractivity contribution in [1.82, 2.24) is 4.31 Å². The Hall–Kier alpha value is -2.38. The number of likely N-dealkylation sites (N-methyl/N-ethyl adjacent to an activating group) is 1. The molecule has 0 spiro atoms. The number of amides is 1. The van der Waals surface area contributed by atoms with Gasteiger partial charge in [0.2, 0.25) is 15.9 Å². The molecule has 0 fully saturated rings. The molecule has 1 amide bonds. The molecule has 140 valence electrons.